The Morgan fingerprint density at radius 2 is 1.92 bits per heavy atom. The van der Waals surface area contributed by atoms with Crippen LogP contribution in [0.25, 0.3) is 0 Å². The molecular weight excluding hydrogens is 302 g/mol. The molecule has 24 heavy (non-hydrogen) atoms. The highest BCUT2D eigenvalue weighted by molar-refractivity contribution is 5.97. The Morgan fingerprint density at radius 1 is 1.25 bits per heavy atom. The van der Waals surface area contributed by atoms with Crippen molar-refractivity contribution in [2.75, 3.05) is 6.54 Å². The second-order valence-electron chi connectivity index (χ2n) is 7.45. The molecule has 0 unspecified atom stereocenters. The summed E-state index contributed by atoms with van der Waals surface area (Å²) in [5.74, 6) is -0.732. The summed E-state index contributed by atoms with van der Waals surface area (Å²) in [6, 6.07) is 9.82. The number of unbranched alkanes of at least 4 members (excludes halogenated alkanes) is 2. The smallest absolute Gasteiger partial charge is 0.312 e. The minimum atomic E-state index is -0.901. The van der Waals surface area contributed by atoms with E-state index >= 15 is 0 Å². The van der Waals surface area contributed by atoms with Crippen molar-refractivity contribution in [3.63, 3.8) is 0 Å². The summed E-state index contributed by atoms with van der Waals surface area (Å²) >= 11 is 0. The molecule has 4 nitrogen and oxygen atoms in total. The van der Waals surface area contributed by atoms with Gasteiger partial charge in [-0.25, -0.2) is 0 Å². The second kappa shape index (κ2) is 6.23. The quantitative estimate of drug-likeness (QED) is 0.769. The molecule has 1 aliphatic heterocycles. The number of carbonyl (C=O) groups is 2. The van der Waals surface area contributed by atoms with Crippen molar-refractivity contribution in [3.8, 4) is 0 Å². The fourth-order valence-corrected chi connectivity index (χ4v) is 4.41. The van der Waals surface area contributed by atoms with E-state index in [2.05, 4.69) is 6.92 Å². The van der Waals surface area contributed by atoms with Gasteiger partial charge in [0.2, 0.25) is 5.91 Å². The molecule has 1 amide bonds. The van der Waals surface area contributed by atoms with Crippen LogP contribution in [0, 0.1) is 10.8 Å². The van der Waals surface area contributed by atoms with Gasteiger partial charge in [-0.05, 0) is 31.7 Å². The molecular formula is C20H27NO3. The molecule has 1 aliphatic carbocycles. The third kappa shape index (κ3) is 2.43. The Bertz CT molecular complexity index is 623. The number of carboxylic acids is 1. The van der Waals surface area contributed by atoms with E-state index in [9.17, 15) is 14.7 Å². The van der Waals surface area contributed by atoms with Crippen LogP contribution in [0.4, 0.5) is 0 Å². The van der Waals surface area contributed by atoms with Crippen LogP contribution in [-0.2, 0) is 9.59 Å². The lowest BCUT2D eigenvalue weighted by Gasteiger charge is -2.30. The van der Waals surface area contributed by atoms with Gasteiger partial charge in [-0.15, -0.1) is 0 Å². The van der Waals surface area contributed by atoms with Crippen molar-refractivity contribution >= 4 is 11.9 Å². The number of rotatable bonds is 7. The largest absolute Gasteiger partial charge is 0.481 e. The monoisotopic (exact) mass is 329 g/mol. The maximum absolute atomic E-state index is 13.1. The van der Waals surface area contributed by atoms with Gasteiger partial charge >= 0.3 is 5.97 Å². The lowest BCUT2D eigenvalue weighted by atomic mass is 9.71. The van der Waals surface area contributed by atoms with Crippen LogP contribution in [0.3, 0.4) is 0 Å². The van der Waals surface area contributed by atoms with Gasteiger partial charge in [0.1, 0.15) is 0 Å². The molecule has 3 rings (SSSR count). The van der Waals surface area contributed by atoms with Gasteiger partial charge in [0.25, 0.3) is 0 Å². The number of amides is 1. The van der Waals surface area contributed by atoms with E-state index in [1.54, 1.807) is 0 Å². The minimum absolute atomic E-state index is 0.0535. The summed E-state index contributed by atoms with van der Waals surface area (Å²) < 4.78 is 0. The van der Waals surface area contributed by atoms with Gasteiger partial charge in [0.15, 0.2) is 0 Å². The summed E-state index contributed by atoms with van der Waals surface area (Å²) in [6.07, 6.45) is 5.02. The van der Waals surface area contributed by atoms with Crippen LogP contribution in [0.5, 0.6) is 0 Å². The van der Waals surface area contributed by atoms with Crippen LogP contribution in [0.1, 0.15) is 64.0 Å². The topological polar surface area (TPSA) is 57.6 Å². The predicted molar refractivity (Wildman–Crippen MR) is 92.4 cm³/mol. The average Bonchev–Trinajstić information content (AvgIpc) is 3.35. The van der Waals surface area contributed by atoms with E-state index in [4.69, 9.17) is 0 Å². The highest BCUT2D eigenvalue weighted by Crippen LogP contribution is 2.66. The number of likely N-dealkylation sites (tertiary alicyclic amines) is 1. The lowest BCUT2D eigenvalue weighted by molar-refractivity contribution is -0.154. The predicted octanol–water partition coefficient (Wildman–Crippen LogP) is 4.02. The maximum Gasteiger partial charge on any atom is 0.312 e. The molecule has 1 heterocycles. The standard InChI is InChI=1S/C20H27NO3/c1-3-4-8-11-20(18(23)24)14-21(17(22)19(20)12-13-19)15(2)16-9-6-5-7-10-16/h5-7,9-10,15H,3-4,8,11-14H2,1-2H3,(H,23,24)/t15-,20+/m1/s1. The molecule has 1 aromatic carbocycles. The number of hydrogen-bond acceptors (Lipinski definition) is 2. The highest BCUT2D eigenvalue weighted by Gasteiger charge is 2.73. The van der Waals surface area contributed by atoms with E-state index in [0.717, 1.165) is 37.7 Å². The van der Waals surface area contributed by atoms with E-state index in [1.807, 2.05) is 42.2 Å². The van der Waals surface area contributed by atoms with E-state index in [-0.39, 0.29) is 11.9 Å². The minimum Gasteiger partial charge on any atom is -0.481 e. The zero-order chi connectivity index (χ0) is 17.4. The fraction of sp³-hybridized carbons (Fsp3) is 0.600. The Morgan fingerprint density at radius 3 is 2.46 bits per heavy atom. The molecule has 0 radical (unpaired) electrons. The zero-order valence-corrected chi connectivity index (χ0v) is 14.6. The normalized spacial score (nSPS) is 25.9. The zero-order valence-electron chi connectivity index (χ0n) is 14.6. The van der Waals surface area contributed by atoms with Crippen molar-refractivity contribution in [1.82, 2.24) is 4.90 Å². The first-order valence-electron chi connectivity index (χ1n) is 9.08. The summed E-state index contributed by atoms with van der Waals surface area (Å²) in [4.78, 5) is 27.2. The van der Waals surface area contributed by atoms with Crippen molar-refractivity contribution in [2.24, 2.45) is 10.8 Å². The second-order valence-corrected chi connectivity index (χ2v) is 7.45. The van der Waals surface area contributed by atoms with Crippen LogP contribution in [0.15, 0.2) is 30.3 Å². The van der Waals surface area contributed by atoms with Crippen molar-refractivity contribution in [3.05, 3.63) is 35.9 Å². The van der Waals surface area contributed by atoms with Crippen LogP contribution in [-0.4, -0.2) is 28.4 Å². The Hall–Kier alpha value is -1.84. The first-order valence-corrected chi connectivity index (χ1v) is 9.08. The first-order chi connectivity index (χ1) is 11.5. The molecule has 0 aromatic heterocycles. The van der Waals surface area contributed by atoms with Crippen molar-refractivity contribution < 1.29 is 14.7 Å². The van der Waals surface area contributed by atoms with Crippen molar-refractivity contribution in [1.29, 1.82) is 0 Å². The number of benzene rings is 1. The number of carbonyl (C=O) groups excluding carboxylic acids is 1. The summed E-state index contributed by atoms with van der Waals surface area (Å²) in [6.45, 7) is 4.47. The Kier molecular flexibility index (Phi) is 4.41. The molecule has 1 N–H and O–H groups in total. The maximum atomic E-state index is 13.1. The van der Waals surface area contributed by atoms with Gasteiger partial charge in [-0.3, -0.25) is 9.59 Å². The SMILES string of the molecule is CCCCC[C@@]1(C(=O)O)CN([C@H](C)c2ccccc2)C(=O)C12CC2. The van der Waals surface area contributed by atoms with Gasteiger partial charge in [-0.1, -0.05) is 56.5 Å². The third-order valence-corrected chi connectivity index (χ3v) is 6.14. The molecule has 1 aromatic rings. The molecule has 0 bridgehead atoms. The van der Waals surface area contributed by atoms with Gasteiger partial charge < -0.3 is 10.0 Å². The molecule has 130 valence electrons. The van der Waals surface area contributed by atoms with Gasteiger partial charge in [0.05, 0.1) is 16.9 Å². The van der Waals surface area contributed by atoms with Gasteiger partial charge in [-0.2, -0.15) is 0 Å². The summed E-state index contributed by atoms with van der Waals surface area (Å²) in [5, 5.41) is 10.0. The Balaban J connectivity index is 1.90. The van der Waals surface area contributed by atoms with Crippen LogP contribution < -0.4 is 0 Å². The summed E-state index contributed by atoms with van der Waals surface area (Å²) in [7, 11) is 0. The van der Waals surface area contributed by atoms with E-state index in [1.165, 1.54) is 0 Å². The lowest BCUT2D eigenvalue weighted by Crippen LogP contribution is -2.40. The van der Waals surface area contributed by atoms with Crippen LogP contribution in [0.2, 0.25) is 0 Å². The number of nitrogens with zero attached hydrogens (tertiary/aromatic N) is 1. The van der Waals surface area contributed by atoms with E-state index < -0.39 is 16.8 Å². The first kappa shape index (κ1) is 17.0. The fourth-order valence-electron chi connectivity index (χ4n) is 4.41. The summed E-state index contributed by atoms with van der Waals surface area (Å²) in [5.41, 5.74) is -0.478. The number of aliphatic carboxylic acids is 1. The van der Waals surface area contributed by atoms with Crippen molar-refractivity contribution in [2.45, 2.75) is 58.4 Å². The highest BCUT2D eigenvalue weighted by atomic mass is 16.4. The molecule has 4 heteroatoms. The third-order valence-electron chi connectivity index (χ3n) is 6.14. The molecule has 2 atom stereocenters. The molecule has 2 aliphatic rings. The Labute approximate surface area is 143 Å². The molecule has 2 fully saturated rings. The van der Waals surface area contributed by atoms with Crippen LogP contribution >= 0.6 is 0 Å². The van der Waals surface area contributed by atoms with E-state index in [0.29, 0.717) is 13.0 Å². The molecule has 1 saturated heterocycles. The number of carboxylic acid groups (broad SMARTS) is 1. The average molecular weight is 329 g/mol. The molecule has 1 spiro atoms. The number of hydrogen-bond donors (Lipinski definition) is 1. The van der Waals surface area contributed by atoms with Gasteiger partial charge in [0, 0.05) is 6.54 Å². The molecule has 1 saturated carbocycles.